The number of ketones is 1. The molecule has 51 heavy (non-hydrogen) atoms. The van der Waals surface area contributed by atoms with E-state index in [4.69, 9.17) is 9.47 Å². The lowest BCUT2D eigenvalue weighted by molar-refractivity contribution is -0.116. The molecule has 3 heterocycles. The smallest absolute Gasteiger partial charge is 0.285 e. The topological polar surface area (TPSA) is 103 Å². The van der Waals surface area contributed by atoms with Crippen LogP contribution in [0.3, 0.4) is 0 Å². The quantitative estimate of drug-likeness (QED) is 0.262. The molecule has 2 bridgehead atoms. The number of amides is 1. The molecule has 10 heteroatoms. The maximum Gasteiger partial charge on any atom is 0.285 e. The van der Waals surface area contributed by atoms with Crippen molar-refractivity contribution in [2.75, 3.05) is 43.2 Å². The molecule has 0 saturated heterocycles. The van der Waals surface area contributed by atoms with E-state index in [1.807, 2.05) is 26.1 Å². The molecule has 1 saturated carbocycles. The molecule has 1 fully saturated rings. The third-order valence-corrected chi connectivity index (χ3v) is 14.0. The van der Waals surface area contributed by atoms with Gasteiger partial charge in [-0.2, -0.15) is 9.46 Å². The monoisotopic (exact) mass is 712 g/mol. The molecule has 0 N–H and O–H groups in total. The van der Waals surface area contributed by atoms with Gasteiger partial charge in [-0.25, -0.2) is 4.21 Å². The number of allylic oxidation sites excluding steroid dienone is 1. The van der Waals surface area contributed by atoms with Crippen molar-refractivity contribution in [2.24, 2.45) is 23.2 Å². The largest absolute Gasteiger partial charge is 0.490 e. The molecule has 9 nitrogen and oxygen atoms in total. The zero-order valence-corrected chi connectivity index (χ0v) is 31.4. The molecule has 1 unspecified atom stereocenters. The summed E-state index contributed by atoms with van der Waals surface area (Å²) in [7, 11) is 0.485. The molecule has 0 radical (unpaired) electrons. The maximum atomic E-state index is 14.4. The van der Waals surface area contributed by atoms with Crippen LogP contribution in [0.25, 0.3) is 0 Å². The first kappa shape index (κ1) is 35.6. The Morgan fingerprint density at radius 1 is 1.14 bits per heavy atom. The van der Waals surface area contributed by atoms with E-state index in [2.05, 4.69) is 51.6 Å². The molecule has 272 valence electrons. The predicted octanol–water partition coefficient (Wildman–Crippen LogP) is 6.71. The summed E-state index contributed by atoms with van der Waals surface area (Å²) in [5.41, 5.74) is 7.11. The summed E-state index contributed by atoms with van der Waals surface area (Å²) in [4.78, 5) is 29.7. The van der Waals surface area contributed by atoms with Gasteiger partial charge in [-0.15, -0.1) is 0 Å². The average Bonchev–Trinajstić information content (AvgIpc) is 3.33. The van der Waals surface area contributed by atoms with Crippen LogP contribution in [0.2, 0.25) is 0 Å². The van der Waals surface area contributed by atoms with Crippen molar-refractivity contribution in [3.63, 3.8) is 0 Å². The van der Waals surface area contributed by atoms with Crippen LogP contribution >= 0.6 is 0 Å². The minimum atomic E-state index is -3.16. The van der Waals surface area contributed by atoms with E-state index >= 15 is 0 Å². The molecule has 1 spiro atoms. The van der Waals surface area contributed by atoms with Crippen LogP contribution in [0.5, 0.6) is 5.75 Å². The molecular weight excluding hydrogens is 661 g/mol. The van der Waals surface area contributed by atoms with Gasteiger partial charge in [-0.3, -0.25) is 14.3 Å². The lowest BCUT2D eigenvalue weighted by atomic mass is 9.68. The summed E-state index contributed by atoms with van der Waals surface area (Å²) >= 11 is 0. The molecule has 2 aliphatic heterocycles. The van der Waals surface area contributed by atoms with Gasteiger partial charge in [-0.1, -0.05) is 35.9 Å². The third kappa shape index (κ3) is 7.45. The van der Waals surface area contributed by atoms with Crippen molar-refractivity contribution in [1.29, 1.82) is 0 Å². The molecule has 1 aromatic heterocycles. The van der Waals surface area contributed by atoms with Gasteiger partial charge in [0.05, 0.1) is 40.1 Å². The van der Waals surface area contributed by atoms with Crippen molar-refractivity contribution in [3.8, 4) is 5.75 Å². The van der Waals surface area contributed by atoms with Gasteiger partial charge in [0.15, 0.2) is 0 Å². The van der Waals surface area contributed by atoms with Crippen molar-refractivity contribution >= 4 is 27.1 Å². The number of aryl methyl sites for hydroxylation is 4. The van der Waals surface area contributed by atoms with Crippen LogP contribution in [0.15, 0.2) is 59.1 Å². The molecule has 3 aromatic rings. The third-order valence-electron chi connectivity index (χ3n) is 11.8. The number of hydrogen-bond donors (Lipinski definition) is 0. The van der Waals surface area contributed by atoms with Crippen molar-refractivity contribution in [1.82, 2.24) is 9.78 Å². The Balaban J connectivity index is 1.24. The zero-order valence-electron chi connectivity index (χ0n) is 30.6. The van der Waals surface area contributed by atoms with Gasteiger partial charge in [-0.05, 0) is 112 Å². The Hall–Kier alpha value is -3.76. The number of nitrogens with zero attached hydrogens (tertiary/aromatic N) is 4. The van der Waals surface area contributed by atoms with Gasteiger partial charge < -0.3 is 14.4 Å². The number of hydrogen-bond acceptors (Lipinski definition) is 7. The average molecular weight is 713 g/mol. The zero-order chi connectivity index (χ0) is 35.8. The number of methoxy groups -OCH3 is 1. The second kappa shape index (κ2) is 14.7. The van der Waals surface area contributed by atoms with Crippen molar-refractivity contribution < 1.29 is 23.3 Å². The highest BCUT2D eigenvalue weighted by Gasteiger charge is 2.44. The van der Waals surface area contributed by atoms with Crippen LogP contribution in [-0.2, 0) is 44.6 Å². The number of anilines is 1. The molecule has 5 atom stereocenters. The number of carbonyl (C=O) groups excluding carboxylic acids is 2. The number of fused-ring (bicyclic) bond motifs is 4. The summed E-state index contributed by atoms with van der Waals surface area (Å²) in [6, 6.07) is 12.4. The van der Waals surface area contributed by atoms with E-state index in [-0.39, 0.29) is 35.2 Å². The van der Waals surface area contributed by atoms with Crippen LogP contribution in [0.4, 0.5) is 5.69 Å². The van der Waals surface area contributed by atoms with E-state index in [0.717, 1.165) is 67.9 Å². The Kier molecular flexibility index (Phi) is 10.3. The Bertz CT molecular complexity index is 1940. The fourth-order valence-corrected chi connectivity index (χ4v) is 10.8. The Labute approximate surface area is 303 Å². The van der Waals surface area contributed by atoms with E-state index in [0.29, 0.717) is 43.3 Å². The Morgan fingerprint density at radius 2 is 2.00 bits per heavy atom. The molecule has 1 amide bonds. The molecular formula is C41H52N4O5S. The highest BCUT2D eigenvalue weighted by Crippen LogP contribution is 2.47. The second-order valence-corrected chi connectivity index (χ2v) is 17.8. The number of Topliss-reactive ketones (excluding diaryl/α,β-unsaturated/α-hetero) is 1. The summed E-state index contributed by atoms with van der Waals surface area (Å²) in [5, 5.41) is 4.28. The minimum absolute atomic E-state index is 0.00862. The van der Waals surface area contributed by atoms with Gasteiger partial charge in [0.1, 0.15) is 11.5 Å². The van der Waals surface area contributed by atoms with E-state index < -0.39 is 15.6 Å². The number of benzene rings is 2. The van der Waals surface area contributed by atoms with Crippen molar-refractivity contribution in [2.45, 2.75) is 83.2 Å². The summed E-state index contributed by atoms with van der Waals surface area (Å²) < 4.78 is 33.3. The SMILES string of the molecule is CO[C@H]1/C=C/CCCS(=O)(CC(=O)CCc2c(C)cnn2C)=NC(=O)c2ccc3c(c2)N(C[C@@H]2CC[C@H]21)C[C@@]1(CCCc2cc(C)ccc21)CO3. The van der Waals surface area contributed by atoms with E-state index in [1.54, 1.807) is 24.1 Å². The van der Waals surface area contributed by atoms with Crippen LogP contribution in [-0.4, -0.2) is 70.1 Å². The minimum Gasteiger partial charge on any atom is -0.490 e. The summed E-state index contributed by atoms with van der Waals surface area (Å²) in [6.07, 6.45) is 13.4. The maximum absolute atomic E-state index is 14.4. The standard InChI is InChI=1S/C41H52N4O5S/c1-28-11-16-35-30(21-28)9-8-19-41(35)26-45-24-32-12-15-34(32)38(49-4)10-6-5-7-20-51(48,25-33(46)14-17-36-29(2)23-42-44(36)3)43-40(47)31-13-18-39(50-27-41)37(45)22-31/h6,10-11,13,16,18,21-23,32,34,38H,5,7-9,12,14-15,17,19-20,24-27H2,1-4H3/b10-6+/t32-,34+,38-,41-,51?/m0/s1. The van der Waals surface area contributed by atoms with E-state index in [1.165, 1.54) is 16.7 Å². The van der Waals surface area contributed by atoms with E-state index in [9.17, 15) is 13.8 Å². The molecule has 4 aliphatic rings. The highest BCUT2D eigenvalue weighted by atomic mass is 32.2. The fourth-order valence-electron chi connectivity index (χ4n) is 8.86. The molecule has 2 aromatic carbocycles. The lowest BCUT2D eigenvalue weighted by Crippen LogP contribution is -2.49. The number of carbonyl (C=O) groups is 2. The summed E-state index contributed by atoms with van der Waals surface area (Å²) in [6.45, 7) is 6.30. The first-order chi connectivity index (χ1) is 24.6. The highest BCUT2D eigenvalue weighted by molar-refractivity contribution is 7.94. The van der Waals surface area contributed by atoms with Crippen LogP contribution in [0.1, 0.15) is 83.3 Å². The Morgan fingerprint density at radius 3 is 2.76 bits per heavy atom. The normalized spacial score (nSPS) is 28.4. The lowest BCUT2D eigenvalue weighted by Gasteiger charge is -2.46. The summed E-state index contributed by atoms with van der Waals surface area (Å²) in [5.74, 6) is 0.792. The number of ether oxygens (including phenoxy) is 2. The number of rotatable bonds is 6. The van der Waals surface area contributed by atoms with Crippen LogP contribution in [0, 0.1) is 25.7 Å². The van der Waals surface area contributed by atoms with Crippen molar-refractivity contribution in [3.05, 3.63) is 88.3 Å². The number of aromatic nitrogens is 2. The fraction of sp³-hybridized carbons (Fsp3) is 0.537. The predicted molar refractivity (Wildman–Crippen MR) is 201 cm³/mol. The molecule has 7 rings (SSSR count). The van der Waals surface area contributed by atoms with Gasteiger partial charge in [0.25, 0.3) is 5.91 Å². The van der Waals surface area contributed by atoms with Gasteiger partial charge in [0, 0.05) is 56.1 Å². The first-order valence-electron chi connectivity index (χ1n) is 18.6. The van der Waals surface area contributed by atoms with Gasteiger partial charge >= 0.3 is 0 Å². The second-order valence-electron chi connectivity index (χ2n) is 15.4. The first-order valence-corrected chi connectivity index (χ1v) is 20.5. The van der Waals surface area contributed by atoms with Gasteiger partial charge in [0.2, 0.25) is 0 Å². The molecule has 2 aliphatic carbocycles. The van der Waals surface area contributed by atoms with Crippen LogP contribution < -0.4 is 9.64 Å².